The molecule has 0 saturated heterocycles. The van der Waals surface area contributed by atoms with Crippen LogP contribution in [0.1, 0.15) is 24.5 Å². The van der Waals surface area contributed by atoms with Crippen molar-refractivity contribution in [1.82, 2.24) is 10.6 Å². The number of nitrogens with one attached hydrogen (secondary N) is 2. The quantitative estimate of drug-likeness (QED) is 0.325. The zero-order chi connectivity index (χ0) is 13.9. The summed E-state index contributed by atoms with van der Waals surface area (Å²) in [5.74, 6) is 0.861. The number of ether oxygens (including phenoxy) is 1. The molecule has 0 spiro atoms. The molecule has 4 nitrogen and oxygen atoms in total. The molecular weight excluding hydrogens is 365 g/mol. The first-order valence-electron chi connectivity index (χ1n) is 6.83. The summed E-state index contributed by atoms with van der Waals surface area (Å²) in [4.78, 5) is 4.58. The number of aliphatic imine (C=N–C) groups is 1. The van der Waals surface area contributed by atoms with Gasteiger partial charge in [-0.25, -0.2) is 4.99 Å². The number of hydrogen-bond acceptors (Lipinski definition) is 2. The van der Waals surface area contributed by atoms with Crippen molar-refractivity contribution in [2.45, 2.75) is 26.8 Å². The summed E-state index contributed by atoms with van der Waals surface area (Å²) >= 11 is 0. The molecule has 0 radical (unpaired) electrons. The molecule has 1 aromatic rings. The Morgan fingerprint density at radius 1 is 1.30 bits per heavy atom. The Bertz CT molecular complexity index is 396. The maximum Gasteiger partial charge on any atom is 0.191 e. The van der Waals surface area contributed by atoms with Gasteiger partial charge in [0, 0.05) is 26.8 Å². The fraction of sp³-hybridized carbons (Fsp3) is 0.533. The third-order valence-electron chi connectivity index (χ3n) is 2.66. The first-order valence-corrected chi connectivity index (χ1v) is 6.83. The number of guanidine groups is 1. The molecular formula is C15H26IN3O. The highest BCUT2D eigenvalue weighted by molar-refractivity contribution is 14.0. The first kappa shape index (κ1) is 19.2. The molecule has 5 heteroatoms. The minimum Gasteiger partial charge on any atom is -0.385 e. The third-order valence-corrected chi connectivity index (χ3v) is 2.66. The number of benzene rings is 1. The summed E-state index contributed by atoms with van der Waals surface area (Å²) in [6.45, 7) is 7.36. The lowest BCUT2D eigenvalue weighted by atomic mass is 10.1. The highest BCUT2D eigenvalue weighted by atomic mass is 127. The lowest BCUT2D eigenvalue weighted by Crippen LogP contribution is -2.38. The maximum absolute atomic E-state index is 5.03. The largest absolute Gasteiger partial charge is 0.385 e. The molecule has 0 aromatic heterocycles. The highest BCUT2D eigenvalue weighted by Gasteiger charge is 1.97. The summed E-state index contributed by atoms with van der Waals surface area (Å²) in [7, 11) is 1.72. The van der Waals surface area contributed by atoms with Gasteiger partial charge in [0.1, 0.15) is 0 Å². The molecule has 0 aliphatic rings. The maximum atomic E-state index is 5.03. The van der Waals surface area contributed by atoms with E-state index in [0.29, 0.717) is 6.54 Å². The minimum absolute atomic E-state index is 0. The van der Waals surface area contributed by atoms with Crippen molar-refractivity contribution in [2.75, 3.05) is 26.8 Å². The summed E-state index contributed by atoms with van der Waals surface area (Å²) in [5, 5.41) is 6.54. The molecule has 1 aromatic carbocycles. The van der Waals surface area contributed by atoms with Crippen molar-refractivity contribution in [3.63, 3.8) is 0 Å². The standard InChI is InChI=1S/C15H25N3O.HI/c1-4-16-15(17-9-6-10-19-3)18-12-14-8-5-7-13(2)11-14;/h5,7-8,11H,4,6,9-10,12H2,1-3H3,(H2,16,17,18);1H. The molecule has 0 atom stereocenters. The van der Waals surface area contributed by atoms with E-state index < -0.39 is 0 Å². The van der Waals surface area contributed by atoms with Gasteiger partial charge in [-0.2, -0.15) is 0 Å². The molecule has 0 unspecified atom stereocenters. The monoisotopic (exact) mass is 391 g/mol. The van der Waals surface area contributed by atoms with Gasteiger partial charge >= 0.3 is 0 Å². The van der Waals surface area contributed by atoms with Gasteiger partial charge in [-0.3, -0.25) is 0 Å². The lowest BCUT2D eigenvalue weighted by molar-refractivity contribution is 0.195. The molecule has 114 valence electrons. The zero-order valence-corrected chi connectivity index (χ0v) is 14.9. The van der Waals surface area contributed by atoms with Crippen LogP contribution in [-0.2, 0) is 11.3 Å². The number of hydrogen-bond donors (Lipinski definition) is 2. The van der Waals surface area contributed by atoms with Crippen LogP contribution in [0, 0.1) is 6.92 Å². The topological polar surface area (TPSA) is 45.7 Å². The van der Waals surface area contributed by atoms with E-state index in [1.165, 1.54) is 11.1 Å². The molecule has 20 heavy (non-hydrogen) atoms. The van der Waals surface area contributed by atoms with E-state index in [-0.39, 0.29) is 24.0 Å². The number of rotatable bonds is 7. The number of nitrogens with zero attached hydrogens (tertiary/aromatic N) is 1. The fourth-order valence-electron chi connectivity index (χ4n) is 1.75. The molecule has 0 aliphatic heterocycles. The molecule has 0 bridgehead atoms. The van der Waals surface area contributed by atoms with Crippen molar-refractivity contribution < 1.29 is 4.74 Å². The second-order valence-corrected chi connectivity index (χ2v) is 4.46. The van der Waals surface area contributed by atoms with Gasteiger partial charge in [-0.1, -0.05) is 29.8 Å². The van der Waals surface area contributed by atoms with Gasteiger partial charge in [0.15, 0.2) is 5.96 Å². The van der Waals surface area contributed by atoms with E-state index in [2.05, 4.69) is 53.7 Å². The Labute approximate surface area is 139 Å². The number of aryl methyl sites for hydroxylation is 1. The van der Waals surface area contributed by atoms with Gasteiger partial charge in [-0.15, -0.1) is 24.0 Å². The Hall–Kier alpha value is -0.820. The van der Waals surface area contributed by atoms with Crippen LogP contribution in [0.15, 0.2) is 29.3 Å². The number of methoxy groups -OCH3 is 1. The van der Waals surface area contributed by atoms with E-state index in [9.17, 15) is 0 Å². The summed E-state index contributed by atoms with van der Waals surface area (Å²) in [6.07, 6.45) is 0.978. The van der Waals surface area contributed by atoms with Gasteiger partial charge in [0.05, 0.1) is 6.54 Å². The normalized spacial score (nSPS) is 10.8. The smallest absolute Gasteiger partial charge is 0.191 e. The van der Waals surface area contributed by atoms with E-state index >= 15 is 0 Å². The summed E-state index contributed by atoms with van der Waals surface area (Å²) < 4.78 is 5.03. The van der Waals surface area contributed by atoms with E-state index in [0.717, 1.165) is 32.1 Å². The average Bonchev–Trinajstić information content (AvgIpc) is 2.41. The lowest BCUT2D eigenvalue weighted by Gasteiger charge is -2.11. The van der Waals surface area contributed by atoms with E-state index in [4.69, 9.17) is 4.74 Å². The van der Waals surface area contributed by atoms with E-state index in [1.54, 1.807) is 7.11 Å². The molecule has 0 amide bonds. The summed E-state index contributed by atoms with van der Waals surface area (Å²) in [6, 6.07) is 8.43. The van der Waals surface area contributed by atoms with Crippen LogP contribution >= 0.6 is 24.0 Å². The average molecular weight is 391 g/mol. The minimum atomic E-state index is 0. The van der Waals surface area contributed by atoms with Crippen LogP contribution in [-0.4, -0.2) is 32.8 Å². The predicted molar refractivity (Wildman–Crippen MR) is 95.9 cm³/mol. The molecule has 1 rings (SSSR count). The second kappa shape index (κ2) is 12.0. The third kappa shape index (κ3) is 8.37. The van der Waals surface area contributed by atoms with Crippen LogP contribution < -0.4 is 10.6 Å². The first-order chi connectivity index (χ1) is 9.26. The Morgan fingerprint density at radius 3 is 2.75 bits per heavy atom. The van der Waals surface area contributed by atoms with Gasteiger partial charge in [0.2, 0.25) is 0 Å². The summed E-state index contributed by atoms with van der Waals surface area (Å²) in [5.41, 5.74) is 2.50. The molecule has 0 heterocycles. The van der Waals surface area contributed by atoms with Crippen molar-refractivity contribution in [3.05, 3.63) is 35.4 Å². The van der Waals surface area contributed by atoms with Crippen LogP contribution in [0.25, 0.3) is 0 Å². The fourth-order valence-corrected chi connectivity index (χ4v) is 1.75. The predicted octanol–water partition coefficient (Wildman–Crippen LogP) is 2.70. The highest BCUT2D eigenvalue weighted by Crippen LogP contribution is 2.04. The van der Waals surface area contributed by atoms with E-state index in [1.807, 2.05) is 0 Å². The Kier molecular flexibility index (Phi) is 11.5. The van der Waals surface area contributed by atoms with Gasteiger partial charge in [0.25, 0.3) is 0 Å². The molecule has 0 aliphatic carbocycles. The van der Waals surface area contributed by atoms with Crippen molar-refractivity contribution in [2.24, 2.45) is 4.99 Å². The zero-order valence-electron chi connectivity index (χ0n) is 12.6. The van der Waals surface area contributed by atoms with Crippen LogP contribution in [0.4, 0.5) is 0 Å². The number of halogens is 1. The van der Waals surface area contributed by atoms with Crippen molar-refractivity contribution in [1.29, 1.82) is 0 Å². The molecule has 0 fully saturated rings. The van der Waals surface area contributed by atoms with Gasteiger partial charge in [-0.05, 0) is 25.8 Å². The van der Waals surface area contributed by atoms with Crippen LogP contribution in [0.3, 0.4) is 0 Å². The second-order valence-electron chi connectivity index (χ2n) is 4.46. The SMILES string of the molecule is CCNC(=NCc1cccc(C)c1)NCCCOC.I. The van der Waals surface area contributed by atoms with Crippen LogP contribution in [0.5, 0.6) is 0 Å². The molecule has 2 N–H and O–H groups in total. The van der Waals surface area contributed by atoms with Crippen molar-refractivity contribution >= 4 is 29.9 Å². The van der Waals surface area contributed by atoms with Gasteiger partial charge < -0.3 is 15.4 Å². The van der Waals surface area contributed by atoms with Crippen LogP contribution in [0.2, 0.25) is 0 Å². The molecule has 0 saturated carbocycles. The van der Waals surface area contributed by atoms with Crippen molar-refractivity contribution in [3.8, 4) is 0 Å². The Morgan fingerprint density at radius 2 is 2.10 bits per heavy atom. The Balaban J connectivity index is 0.00000361.